The Morgan fingerprint density at radius 1 is 1.15 bits per heavy atom. The van der Waals surface area contributed by atoms with Gasteiger partial charge in [0.25, 0.3) is 0 Å². The Hall–Kier alpha value is -1.52. The van der Waals surface area contributed by atoms with Gasteiger partial charge in [0, 0.05) is 37.2 Å². The van der Waals surface area contributed by atoms with Crippen LogP contribution < -0.4 is 0 Å². The van der Waals surface area contributed by atoms with Gasteiger partial charge in [-0.2, -0.15) is 4.31 Å². The van der Waals surface area contributed by atoms with Crippen LogP contribution >= 0.6 is 27.3 Å². The first kappa shape index (κ1) is 18.8. The molecule has 9 heteroatoms. The average Bonchev–Trinajstić information content (AvgIpc) is 3.34. The molecule has 1 aromatic carbocycles. The summed E-state index contributed by atoms with van der Waals surface area (Å²) >= 11 is 4.93. The predicted molar refractivity (Wildman–Crippen MR) is 108 cm³/mol. The van der Waals surface area contributed by atoms with Crippen molar-refractivity contribution in [3.05, 3.63) is 58.2 Å². The number of halogens is 1. The van der Waals surface area contributed by atoms with E-state index in [-0.39, 0.29) is 0 Å². The number of sulfonamides is 1. The Bertz CT molecular complexity index is 1010. The number of thiophene rings is 1. The third kappa shape index (κ3) is 4.17. The Morgan fingerprint density at radius 2 is 1.96 bits per heavy atom. The molecule has 1 aliphatic heterocycles. The van der Waals surface area contributed by atoms with Crippen molar-refractivity contribution in [3.8, 4) is 10.8 Å². The van der Waals surface area contributed by atoms with E-state index in [0.717, 1.165) is 15.0 Å². The standard InChI is InChI=1S/C18H18BrN3O3S2/c19-14-3-1-4-16(11-14)27(23,24)22-8-6-21(7-9-22)12-15-13-25-18(20-15)17-5-2-10-26-17/h1-5,10-11,13H,6-9,12H2. The quantitative estimate of drug-likeness (QED) is 0.572. The van der Waals surface area contributed by atoms with Crippen LogP contribution in [0.25, 0.3) is 10.8 Å². The minimum absolute atomic E-state index is 0.322. The van der Waals surface area contributed by atoms with Crippen LogP contribution in [-0.4, -0.2) is 48.8 Å². The van der Waals surface area contributed by atoms with Crippen molar-refractivity contribution in [1.29, 1.82) is 0 Å². The molecule has 142 valence electrons. The summed E-state index contributed by atoms with van der Waals surface area (Å²) in [6.45, 7) is 2.90. The SMILES string of the molecule is O=S(=O)(c1cccc(Br)c1)N1CCN(Cc2coc(-c3cccs3)n2)CC1. The highest BCUT2D eigenvalue weighted by atomic mass is 79.9. The molecule has 0 amide bonds. The molecule has 4 rings (SSSR count). The number of aromatic nitrogens is 1. The van der Waals surface area contributed by atoms with Gasteiger partial charge in [0.1, 0.15) is 6.26 Å². The fourth-order valence-corrected chi connectivity index (χ4v) is 5.70. The molecule has 0 bridgehead atoms. The summed E-state index contributed by atoms with van der Waals surface area (Å²) in [5.74, 6) is 0.635. The summed E-state index contributed by atoms with van der Waals surface area (Å²) in [6.07, 6.45) is 1.68. The molecule has 1 fully saturated rings. The lowest BCUT2D eigenvalue weighted by molar-refractivity contribution is 0.180. The van der Waals surface area contributed by atoms with Crippen molar-refractivity contribution in [1.82, 2.24) is 14.2 Å². The molecule has 0 aliphatic carbocycles. The molecule has 3 aromatic rings. The molecular formula is C18H18BrN3O3S2. The van der Waals surface area contributed by atoms with Crippen molar-refractivity contribution < 1.29 is 12.8 Å². The predicted octanol–water partition coefficient (Wildman–Crippen LogP) is 3.67. The topological polar surface area (TPSA) is 66.7 Å². The maximum absolute atomic E-state index is 12.8. The van der Waals surface area contributed by atoms with E-state index in [4.69, 9.17) is 4.42 Å². The third-order valence-electron chi connectivity index (χ3n) is 4.43. The van der Waals surface area contributed by atoms with E-state index in [2.05, 4.69) is 25.8 Å². The summed E-state index contributed by atoms with van der Waals surface area (Å²) < 4.78 is 33.5. The highest BCUT2D eigenvalue weighted by Crippen LogP contribution is 2.25. The number of piperazine rings is 1. The van der Waals surface area contributed by atoms with Crippen molar-refractivity contribution in [3.63, 3.8) is 0 Å². The number of oxazole rings is 1. The van der Waals surface area contributed by atoms with E-state index < -0.39 is 10.0 Å². The fourth-order valence-electron chi connectivity index (χ4n) is 3.03. The molecule has 0 unspecified atom stereocenters. The van der Waals surface area contributed by atoms with E-state index in [1.165, 1.54) is 0 Å². The van der Waals surface area contributed by atoms with Crippen LogP contribution in [-0.2, 0) is 16.6 Å². The lowest BCUT2D eigenvalue weighted by Gasteiger charge is -2.33. The summed E-state index contributed by atoms with van der Waals surface area (Å²) in [5, 5.41) is 1.99. The Morgan fingerprint density at radius 3 is 2.67 bits per heavy atom. The molecular weight excluding hydrogens is 450 g/mol. The second-order valence-corrected chi connectivity index (χ2v) is 10.1. The van der Waals surface area contributed by atoms with Crippen LogP contribution in [0.15, 0.2) is 61.8 Å². The van der Waals surface area contributed by atoms with Gasteiger partial charge in [-0.1, -0.05) is 28.1 Å². The zero-order valence-electron chi connectivity index (χ0n) is 14.4. The van der Waals surface area contributed by atoms with Gasteiger partial charge >= 0.3 is 0 Å². The third-order valence-corrected chi connectivity index (χ3v) is 7.68. The lowest BCUT2D eigenvalue weighted by atomic mass is 10.3. The van der Waals surface area contributed by atoms with E-state index in [1.807, 2.05) is 23.6 Å². The molecule has 0 N–H and O–H groups in total. The molecule has 2 aromatic heterocycles. The molecule has 0 radical (unpaired) electrons. The summed E-state index contributed by atoms with van der Waals surface area (Å²) in [6, 6.07) is 10.8. The Kier molecular flexibility index (Phi) is 5.47. The molecule has 1 aliphatic rings. The van der Waals surface area contributed by atoms with E-state index in [0.29, 0.717) is 43.5 Å². The van der Waals surface area contributed by atoms with Gasteiger partial charge in [-0.3, -0.25) is 4.90 Å². The van der Waals surface area contributed by atoms with Gasteiger partial charge in [-0.25, -0.2) is 13.4 Å². The van der Waals surface area contributed by atoms with Crippen molar-refractivity contribution in [2.24, 2.45) is 0 Å². The normalized spacial score (nSPS) is 16.6. The maximum Gasteiger partial charge on any atom is 0.243 e. The minimum Gasteiger partial charge on any atom is -0.444 e. The highest BCUT2D eigenvalue weighted by molar-refractivity contribution is 9.10. The first-order valence-electron chi connectivity index (χ1n) is 8.49. The highest BCUT2D eigenvalue weighted by Gasteiger charge is 2.28. The molecule has 1 saturated heterocycles. The van der Waals surface area contributed by atoms with Gasteiger partial charge in [0.2, 0.25) is 15.9 Å². The smallest absolute Gasteiger partial charge is 0.243 e. The van der Waals surface area contributed by atoms with E-state index in [9.17, 15) is 8.42 Å². The number of nitrogens with zero attached hydrogens (tertiary/aromatic N) is 3. The van der Waals surface area contributed by atoms with Crippen molar-refractivity contribution >= 4 is 37.3 Å². The van der Waals surface area contributed by atoms with Crippen molar-refractivity contribution in [2.75, 3.05) is 26.2 Å². The van der Waals surface area contributed by atoms with Crippen LogP contribution in [0.1, 0.15) is 5.69 Å². The number of hydrogen-bond acceptors (Lipinski definition) is 6. The zero-order chi connectivity index (χ0) is 18.9. The largest absolute Gasteiger partial charge is 0.444 e. The van der Waals surface area contributed by atoms with Crippen molar-refractivity contribution in [2.45, 2.75) is 11.4 Å². The van der Waals surface area contributed by atoms with Gasteiger partial charge in [-0.05, 0) is 29.6 Å². The number of benzene rings is 1. The lowest BCUT2D eigenvalue weighted by Crippen LogP contribution is -2.48. The number of hydrogen-bond donors (Lipinski definition) is 0. The monoisotopic (exact) mass is 467 g/mol. The second kappa shape index (κ2) is 7.84. The zero-order valence-corrected chi connectivity index (χ0v) is 17.6. The molecule has 0 saturated carbocycles. The number of rotatable bonds is 5. The molecule has 0 spiro atoms. The first-order chi connectivity index (χ1) is 13.0. The van der Waals surface area contributed by atoms with Gasteiger partial charge in [-0.15, -0.1) is 11.3 Å². The van der Waals surface area contributed by atoms with Gasteiger partial charge < -0.3 is 4.42 Å². The summed E-state index contributed by atoms with van der Waals surface area (Å²) in [5.41, 5.74) is 0.863. The minimum atomic E-state index is -3.46. The van der Waals surface area contributed by atoms with Crippen LogP contribution in [0.5, 0.6) is 0 Å². The van der Waals surface area contributed by atoms with Gasteiger partial charge in [0.05, 0.1) is 15.5 Å². The van der Waals surface area contributed by atoms with Crippen LogP contribution in [0.4, 0.5) is 0 Å². The molecule has 6 nitrogen and oxygen atoms in total. The van der Waals surface area contributed by atoms with Crippen LogP contribution in [0, 0.1) is 0 Å². The molecule has 27 heavy (non-hydrogen) atoms. The Balaban J connectivity index is 1.38. The Labute approximate surface area is 170 Å². The first-order valence-corrected chi connectivity index (χ1v) is 11.6. The summed E-state index contributed by atoms with van der Waals surface area (Å²) in [7, 11) is -3.46. The van der Waals surface area contributed by atoms with E-state index in [1.54, 1.807) is 40.1 Å². The maximum atomic E-state index is 12.8. The molecule has 3 heterocycles. The second-order valence-electron chi connectivity index (χ2n) is 6.26. The van der Waals surface area contributed by atoms with Crippen LogP contribution in [0.2, 0.25) is 0 Å². The van der Waals surface area contributed by atoms with Gasteiger partial charge in [0.15, 0.2) is 0 Å². The van der Waals surface area contributed by atoms with Crippen LogP contribution in [0.3, 0.4) is 0 Å². The molecule has 0 atom stereocenters. The van der Waals surface area contributed by atoms with E-state index >= 15 is 0 Å². The average molecular weight is 468 g/mol. The fraction of sp³-hybridized carbons (Fsp3) is 0.278. The summed E-state index contributed by atoms with van der Waals surface area (Å²) in [4.78, 5) is 8.06.